The predicted molar refractivity (Wildman–Crippen MR) is 107 cm³/mol. The molecule has 0 saturated heterocycles. The van der Waals surface area contributed by atoms with Crippen LogP contribution in [0.4, 0.5) is 5.69 Å². The van der Waals surface area contributed by atoms with Crippen LogP contribution in [0.25, 0.3) is 0 Å². The number of carbonyl (C=O) groups is 2. The topological polar surface area (TPSA) is 141 Å². The maximum absolute atomic E-state index is 12.3. The fourth-order valence-corrected chi connectivity index (χ4v) is 2.41. The number of nitro benzene ring substituents is 1. The Morgan fingerprint density at radius 3 is 2.33 bits per heavy atom. The van der Waals surface area contributed by atoms with Gasteiger partial charge in [0.1, 0.15) is 0 Å². The molecule has 2 N–H and O–H groups in total. The lowest BCUT2D eigenvalue weighted by Gasteiger charge is -2.14. The minimum atomic E-state index is -0.586. The van der Waals surface area contributed by atoms with Gasteiger partial charge in [-0.15, -0.1) is 0 Å². The van der Waals surface area contributed by atoms with Crippen LogP contribution >= 0.6 is 0 Å². The summed E-state index contributed by atoms with van der Waals surface area (Å²) in [4.78, 5) is 34.4. The average Bonchev–Trinajstić information content (AvgIpc) is 2.76. The van der Waals surface area contributed by atoms with Crippen LogP contribution in [0.1, 0.15) is 15.9 Å². The fourth-order valence-electron chi connectivity index (χ4n) is 2.41. The SMILES string of the molecule is COc1cc(C(=O)NCC(=O)NN=Cc2cccc([N+](=O)[O-])c2)cc(OC)c1OC. The molecule has 2 aromatic rings. The van der Waals surface area contributed by atoms with E-state index >= 15 is 0 Å². The van der Waals surface area contributed by atoms with E-state index in [2.05, 4.69) is 15.8 Å². The zero-order chi connectivity index (χ0) is 22.1. The molecule has 0 radical (unpaired) electrons. The van der Waals surface area contributed by atoms with E-state index in [1.807, 2.05) is 0 Å². The number of non-ortho nitro benzene ring substituents is 1. The molecule has 0 atom stereocenters. The molecule has 0 aromatic heterocycles. The highest BCUT2D eigenvalue weighted by Gasteiger charge is 2.17. The van der Waals surface area contributed by atoms with Gasteiger partial charge in [0, 0.05) is 23.3 Å². The standard InChI is InChI=1S/C19H20N4O7/c1-28-15-8-13(9-16(29-2)18(15)30-3)19(25)20-11-17(24)22-21-10-12-5-4-6-14(7-12)23(26)27/h4-10H,11H2,1-3H3,(H,20,25)(H,22,24). The second-order valence-corrected chi connectivity index (χ2v) is 5.74. The molecule has 0 fully saturated rings. The number of amides is 2. The Hall–Kier alpha value is -4.15. The third-order valence-electron chi connectivity index (χ3n) is 3.82. The number of carbonyl (C=O) groups excluding carboxylic acids is 2. The van der Waals surface area contributed by atoms with E-state index in [0.29, 0.717) is 22.8 Å². The Kier molecular flexibility index (Phi) is 7.68. The molecular formula is C19H20N4O7. The van der Waals surface area contributed by atoms with Gasteiger partial charge in [-0.1, -0.05) is 12.1 Å². The maximum atomic E-state index is 12.3. The maximum Gasteiger partial charge on any atom is 0.270 e. The number of hydrazone groups is 1. The van der Waals surface area contributed by atoms with Crippen molar-refractivity contribution in [1.29, 1.82) is 0 Å². The summed E-state index contributed by atoms with van der Waals surface area (Å²) < 4.78 is 15.6. The van der Waals surface area contributed by atoms with Crippen LogP contribution in [0.2, 0.25) is 0 Å². The smallest absolute Gasteiger partial charge is 0.270 e. The van der Waals surface area contributed by atoms with Crippen molar-refractivity contribution in [1.82, 2.24) is 10.7 Å². The number of methoxy groups -OCH3 is 3. The van der Waals surface area contributed by atoms with Crippen molar-refractivity contribution in [3.63, 3.8) is 0 Å². The Morgan fingerprint density at radius 2 is 1.77 bits per heavy atom. The average molecular weight is 416 g/mol. The number of benzene rings is 2. The number of nitro groups is 1. The van der Waals surface area contributed by atoms with E-state index in [0.717, 1.165) is 0 Å². The van der Waals surface area contributed by atoms with E-state index in [-0.39, 0.29) is 17.8 Å². The first kappa shape index (κ1) is 22.1. The molecule has 0 aliphatic rings. The molecular weight excluding hydrogens is 396 g/mol. The van der Waals surface area contributed by atoms with E-state index in [1.54, 1.807) is 6.07 Å². The molecule has 0 bridgehead atoms. The van der Waals surface area contributed by atoms with Crippen LogP contribution in [0.5, 0.6) is 17.2 Å². The first-order valence-electron chi connectivity index (χ1n) is 8.54. The lowest BCUT2D eigenvalue weighted by atomic mass is 10.1. The summed E-state index contributed by atoms with van der Waals surface area (Å²) in [7, 11) is 4.29. The summed E-state index contributed by atoms with van der Waals surface area (Å²) >= 11 is 0. The van der Waals surface area contributed by atoms with Crippen LogP contribution < -0.4 is 25.0 Å². The number of nitrogens with one attached hydrogen (secondary N) is 2. The van der Waals surface area contributed by atoms with Gasteiger partial charge in [0.2, 0.25) is 5.75 Å². The Morgan fingerprint density at radius 1 is 1.10 bits per heavy atom. The monoisotopic (exact) mass is 416 g/mol. The molecule has 2 rings (SSSR count). The van der Waals surface area contributed by atoms with Gasteiger partial charge >= 0.3 is 0 Å². The Bertz CT molecular complexity index is 950. The van der Waals surface area contributed by atoms with E-state index in [9.17, 15) is 19.7 Å². The molecule has 11 nitrogen and oxygen atoms in total. The van der Waals surface area contributed by atoms with E-state index in [4.69, 9.17) is 14.2 Å². The molecule has 0 aliphatic heterocycles. The summed E-state index contributed by atoms with van der Waals surface area (Å²) in [6.07, 6.45) is 1.26. The summed E-state index contributed by atoms with van der Waals surface area (Å²) in [5, 5.41) is 16.9. The molecule has 2 amide bonds. The summed E-state index contributed by atoms with van der Waals surface area (Å²) in [6.45, 7) is -0.345. The highest BCUT2D eigenvalue weighted by molar-refractivity contribution is 5.97. The third-order valence-corrected chi connectivity index (χ3v) is 3.82. The molecule has 0 spiro atoms. The lowest BCUT2D eigenvalue weighted by molar-refractivity contribution is -0.384. The van der Waals surface area contributed by atoms with Crippen LogP contribution in [0.3, 0.4) is 0 Å². The summed E-state index contributed by atoms with van der Waals surface area (Å²) in [5.41, 5.74) is 2.77. The van der Waals surface area contributed by atoms with Gasteiger partial charge in [-0.05, 0) is 12.1 Å². The molecule has 0 heterocycles. The van der Waals surface area contributed by atoms with Crippen LogP contribution in [-0.4, -0.2) is 50.8 Å². The second kappa shape index (κ2) is 10.4. The van der Waals surface area contributed by atoms with Crippen molar-refractivity contribution >= 4 is 23.7 Å². The zero-order valence-electron chi connectivity index (χ0n) is 16.5. The third kappa shape index (κ3) is 5.67. The Labute approximate surface area is 171 Å². The predicted octanol–water partition coefficient (Wildman–Crippen LogP) is 1.50. The number of ether oxygens (including phenoxy) is 3. The number of rotatable bonds is 9. The first-order chi connectivity index (χ1) is 14.4. The minimum absolute atomic E-state index is 0.0945. The summed E-state index contributed by atoms with van der Waals surface area (Å²) in [6, 6.07) is 8.65. The van der Waals surface area contributed by atoms with E-state index < -0.39 is 16.7 Å². The molecule has 0 unspecified atom stereocenters. The fraction of sp³-hybridized carbons (Fsp3) is 0.211. The van der Waals surface area contributed by atoms with Gasteiger partial charge in [-0.3, -0.25) is 19.7 Å². The second-order valence-electron chi connectivity index (χ2n) is 5.74. The number of hydrogen-bond acceptors (Lipinski definition) is 8. The largest absolute Gasteiger partial charge is 0.493 e. The van der Waals surface area contributed by atoms with Gasteiger partial charge in [-0.25, -0.2) is 5.43 Å². The van der Waals surface area contributed by atoms with Gasteiger partial charge in [0.15, 0.2) is 11.5 Å². The molecule has 2 aromatic carbocycles. The van der Waals surface area contributed by atoms with Crippen molar-refractivity contribution < 1.29 is 28.7 Å². The van der Waals surface area contributed by atoms with Crippen LogP contribution in [0.15, 0.2) is 41.5 Å². The first-order valence-corrected chi connectivity index (χ1v) is 8.54. The molecule has 0 aliphatic carbocycles. The van der Waals surface area contributed by atoms with Gasteiger partial charge in [0.05, 0.1) is 39.0 Å². The zero-order valence-corrected chi connectivity index (χ0v) is 16.5. The summed E-state index contributed by atoms with van der Waals surface area (Å²) in [5.74, 6) is -0.185. The molecule has 11 heteroatoms. The minimum Gasteiger partial charge on any atom is -0.493 e. The van der Waals surface area contributed by atoms with Gasteiger partial charge in [-0.2, -0.15) is 5.10 Å². The van der Waals surface area contributed by atoms with Gasteiger partial charge in [0.25, 0.3) is 17.5 Å². The van der Waals surface area contributed by atoms with Crippen molar-refractivity contribution in [2.24, 2.45) is 5.10 Å². The van der Waals surface area contributed by atoms with Crippen molar-refractivity contribution in [2.45, 2.75) is 0 Å². The van der Waals surface area contributed by atoms with E-state index in [1.165, 1.54) is 57.9 Å². The molecule has 0 saturated carbocycles. The highest BCUT2D eigenvalue weighted by atomic mass is 16.6. The normalized spacial score (nSPS) is 10.4. The van der Waals surface area contributed by atoms with Gasteiger partial charge < -0.3 is 19.5 Å². The van der Waals surface area contributed by atoms with Crippen molar-refractivity contribution in [3.05, 3.63) is 57.6 Å². The van der Waals surface area contributed by atoms with Crippen molar-refractivity contribution in [2.75, 3.05) is 27.9 Å². The Balaban J connectivity index is 1.95. The van der Waals surface area contributed by atoms with Crippen LogP contribution in [0, 0.1) is 10.1 Å². The lowest BCUT2D eigenvalue weighted by Crippen LogP contribution is -2.34. The van der Waals surface area contributed by atoms with Crippen molar-refractivity contribution in [3.8, 4) is 17.2 Å². The molecule has 158 valence electrons. The number of nitrogens with zero attached hydrogens (tertiary/aromatic N) is 2. The quantitative estimate of drug-likeness (QED) is 0.358. The molecule has 30 heavy (non-hydrogen) atoms. The van der Waals surface area contributed by atoms with Crippen LogP contribution in [-0.2, 0) is 4.79 Å². The highest BCUT2D eigenvalue weighted by Crippen LogP contribution is 2.38. The number of hydrogen-bond donors (Lipinski definition) is 2.